The van der Waals surface area contributed by atoms with Crippen LogP contribution in [0.2, 0.25) is 0 Å². The van der Waals surface area contributed by atoms with Gasteiger partial charge in [-0.25, -0.2) is 8.42 Å². The zero-order chi connectivity index (χ0) is 15.5. The summed E-state index contributed by atoms with van der Waals surface area (Å²) in [6.07, 6.45) is 2.69. The van der Waals surface area contributed by atoms with Gasteiger partial charge in [0, 0.05) is 12.3 Å². The zero-order valence-corrected chi connectivity index (χ0v) is 12.3. The number of nitrogens with zero attached hydrogens (tertiary/aromatic N) is 3. The molecule has 10 heteroatoms. The van der Waals surface area contributed by atoms with E-state index in [2.05, 4.69) is 19.7 Å². The Balaban J connectivity index is 2.01. The van der Waals surface area contributed by atoms with Crippen molar-refractivity contribution in [2.45, 2.75) is 19.2 Å². The number of ether oxygens (including phenoxy) is 1. The molecule has 1 N–H and O–H groups in total. The van der Waals surface area contributed by atoms with E-state index in [0.717, 1.165) is 0 Å². The van der Waals surface area contributed by atoms with Crippen molar-refractivity contribution in [2.24, 2.45) is 0 Å². The largest absolute Gasteiger partial charge is 0.468 e. The zero-order valence-electron chi connectivity index (χ0n) is 11.4. The van der Waals surface area contributed by atoms with Gasteiger partial charge in [0.1, 0.15) is 23.8 Å². The van der Waals surface area contributed by atoms with Crippen molar-refractivity contribution in [1.82, 2.24) is 14.9 Å². The van der Waals surface area contributed by atoms with Crippen LogP contribution in [0, 0.1) is 6.92 Å². The Morgan fingerprint density at radius 2 is 2.29 bits per heavy atom. The maximum atomic E-state index is 11.9. The third-order valence-corrected chi connectivity index (χ3v) is 3.66. The molecule has 9 nitrogen and oxygen atoms in total. The Bertz CT molecular complexity index is 733. The maximum absolute atomic E-state index is 11.9. The summed E-state index contributed by atoms with van der Waals surface area (Å²) in [5, 5.41) is 7.48. The minimum absolute atomic E-state index is 0.0965. The third-order valence-electron chi connectivity index (χ3n) is 2.44. The van der Waals surface area contributed by atoms with Crippen molar-refractivity contribution in [3.8, 4) is 0 Å². The Kier molecular flexibility index (Phi) is 4.26. The molecule has 2 rings (SSSR count). The molecule has 0 aromatic carbocycles. The SMILES string of the molecule is COC(=O)Cn1cc(NS(=O)(=O)Cc2cc(C)on2)cn1. The highest BCUT2D eigenvalue weighted by atomic mass is 32.2. The lowest BCUT2D eigenvalue weighted by Crippen LogP contribution is -2.15. The number of hydrogen-bond acceptors (Lipinski definition) is 7. The number of carbonyl (C=O) groups excluding carboxylic acids is 1. The van der Waals surface area contributed by atoms with Crippen molar-refractivity contribution in [3.05, 3.63) is 29.9 Å². The molecular formula is C11H14N4O5S. The number of esters is 1. The van der Waals surface area contributed by atoms with E-state index in [1.807, 2.05) is 0 Å². The van der Waals surface area contributed by atoms with E-state index in [9.17, 15) is 13.2 Å². The molecule has 0 fully saturated rings. The standard InChI is InChI=1S/C11H14N4O5S/c1-8-3-9(13-20-8)7-21(17,18)14-10-4-12-15(5-10)6-11(16)19-2/h3-5,14H,6-7H2,1-2H3. The number of hydrogen-bond donors (Lipinski definition) is 1. The highest BCUT2D eigenvalue weighted by molar-refractivity contribution is 7.91. The summed E-state index contributed by atoms with van der Waals surface area (Å²) in [4.78, 5) is 11.1. The average Bonchev–Trinajstić information content (AvgIpc) is 2.97. The second-order valence-corrected chi connectivity index (χ2v) is 6.02. The van der Waals surface area contributed by atoms with E-state index in [1.54, 1.807) is 13.0 Å². The summed E-state index contributed by atoms with van der Waals surface area (Å²) in [6.45, 7) is 1.58. The fourth-order valence-corrected chi connectivity index (χ4v) is 2.66. The molecule has 0 aliphatic carbocycles. The monoisotopic (exact) mass is 314 g/mol. The second kappa shape index (κ2) is 5.95. The van der Waals surface area contributed by atoms with Crippen LogP contribution in [0.4, 0.5) is 5.69 Å². The smallest absolute Gasteiger partial charge is 0.327 e. The van der Waals surface area contributed by atoms with Crippen LogP contribution in [0.25, 0.3) is 0 Å². The number of aromatic nitrogens is 3. The lowest BCUT2D eigenvalue weighted by molar-refractivity contribution is -0.141. The van der Waals surface area contributed by atoms with Crippen LogP contribution in [0.1, 0.15) is 11.5 Å². The molecule has 0 aliphatic heterocycles. The van der Waals surface area contributed by atoms with Gasteiger partial charge < -0.3 is 9.26 Å². The summed E-state index contributed by atoms with van der Waals surface area (Å²) in [6, 6.07) is 1.54. The first-order chi connectivity index (χ1) is 9.88. The summed E-state index contributed by atoms with van der Waals surface area (Å²) >= 11 is 0. The number of rotatable bonds is 6. The van der Waals surface area contributed by atoms with Crippen molar-refractivity contribution in [3.63, 3.8) is 0 Å². The molecule has 0 radical (unpaired) electrons. The van der Waals surface area contributed by atoms with Gasteiger partial charge in [-0.2, -0.15) is 5.10 Å². The van der Waals surface area contributed by atoms with Gasteiger partial charge in [-0.3, -0.25) is 14.2 Å². The van der Waals surface area contributed by atoms with Crippen LogP contribution in [0.3, 0.4) is 0 Å². The Morgan fingerprint density at radius 3 is 2.90 bits per heavy atom. The predicted molar refractivity (Wildman–Crippen MR) is 71.7 cm³/mol. The molecule has 2 aromatic heterocycles. The minimum atomic E-state index is -3.64. The van der Waals surface area contributed by atoms with E-state index >= 15 is 0 Å². The van der Waals surface area contributed by atoms with Crippen molar-refractivity contribution in [1.29, 1.82) is 0 Å². The highest BCUT2D eigenvalue weighted by Gasteiger charge is 2.16. The van der Waals surface area contributed by atoms with E-state index in [1.165, 1.54) is 24.2 Å². The molecule has 21 heavy (non-hydrogen) atoms. The first-order valence-corrected chi connectivity index (χ1v) is 7.55. The predicted octanol–water partition coefficient (Wildman–Crippen LogP) is 0.294. The van der Waals surface area contributed by atoms with Crippen molar-refractivity contribution < 1.29 is 22.5 Å². The summed E-state index contributed by atoms with van der Waals surface area (Å²) < 4.78 is 36.8. The molecule has 2 aromatic rings. The van der Waals surface area contributed by atoms with E-state index < -0.39 is 16.0 Å². The molecule has 0 amide bonds. The lowest BCUT2D eigenvalue weighted by Gasteiger charge is -2.03. The third kappa shape index (κ3) is 4.31. The molecule has 114 valence electrons. The molecule has 2 heterocycles. The van der Waals surface area contributed by atoms with Crippen LogP contribution in [0.5, 0.6) is 0 Å². The fourth-order valence-electron chi connectivity index (χ4n) is 1.60. The van der Waals surface area contributed by atoms with E-state index in [-0.39, 0.29) is 18.0 Å². The molecule has 0 saturated heterocycles. The number of sulfonamides is 1. The molecule has 0 unspecified atom stereocenters. The Hall–Kier alpha value is -2.36. The molecule has 0 saturated carbocycles. The quantitative estimate of drug-likeness (QED) is 0.762. The highest BCUT2D eigenvalue weighted by Crippen LogP contribution is 2.12. The van der Waals surface area contributed by atoms with Gasteiger partial charge >= 0.3 is 5.97 Å². The first kappa shape index (κ1) is 15.0. The van der Waals surface area contributed by atoms with Gasteiger partial charge in [-0.1, -0.05) is 5.16 Å². The summed E-state index contributed by atoms with van der Waals surface area (Å²) in [5.74, 6) is -0.260. The van der Waals surface area contributed by atoms with Crippen LogP contribution < -0.4 is 4.72 Å². The Labute approximate surface area is 120 Å². The Morgan fingerprint density at radius 1 is 1.52 bits per heavy atom. The van der Waals surface area contributed by atoms with Gasteiger partial charge in [0.25, 0.3) is 0 Å². The minimum Gasteiger partial charge on any atom is -0.468 e. The summed E-state index contributed by atoms with van der Waals surface area (Å²) in [7, 11) is -2.38. The van der Waals surface area contributed by atoms with Crippen molar-refractivity contribution >= 4 is 21.7 Å². The van der Waals surface area contributed by atoms with E-state index in [0.29, 0.717) is 11.5 Å². The van der Waals surface area contributed by atoms with Gasteiger partial charge in [0.2, 0.25) is 10.0 Å². The fraction of sp³-hybridized carbons (Fsp3) is 0.364. The van der Waals surface area contributed by atoms with Crippen LogP contribution in [-0.4, -0.2) is 36.4 Å². The molecule has 0 spiro atoms. The number of anilines is 1. The molecule has 0 atom stereocenters. The number of aryl methyl sites for hydroxylation is 1. The van der Waals surface area contributed by atoms with E-state index in [4.69, 9.17) is 4.52 Å². The number of carbonyl (C=O) groups is 1. The number of methoxy groups -OCH3 is 1. The number of nitrogens with one attached hydrogen (secondary N) is 1. The van der Waals surface area contributed by atoms with Crippen LogP contribution in [0.15, 0.2) is 23.0 Å². The normalized spacial score (nSPS) is 11.3. The van der Waals surface area contributed by atoms with Gasteiger partial charge in [-0.05, 0) is 6.92 Å². The molecular weight excluding hydrogens is 300 g/mol. The molecule has 0 bridgehead atoms. The van der Waals surface area contributed by atoms with Crippen molar-refractivity contribution in [2.75, 3.05) is 11.8 Å². The second-order valence-electron chi connectivity index (χ2n) is 4.29. The van der Waals surface area contributed by atoms with Crippen LogP contribution in [-0.2, 0) is 31.9 Å². The van der Waals surface area contributed by atoms with Gasteiger partial charge in [0.05, 0.1) is 19.0 Å². The summed E-state index contributed by atoms with van der Waals surface area (Å²) in [5.41, 5.74) is 0.557. The average molecular weight is 314 g/mol. The lowest BCUT2D eigenvalue weighted by atomic mass is 10.4. The van der Waals surface area contributed by atoms with Gasteiger partial charge in [0.15, 0.2) is 0 Å². The molecule has 0 aliphatic rings. The maximum Gasteiger partial charge on any atom is 0.327 e. The van der Waals surface area contributed by atoms with Gasteiger partial charge in [-0.15, -0.1) is 0 Å². The van der Waals surface area contributed by atoms with Crippen LogP contribution >= 0.6 is 0 Å². The topological polar surface area (TPSA) is 116 Å². The first-order valence-electron chi connectivity index (χ1n) is 5.90.